The fraction of sp³-hybridized carbons (Fsp3) is 0.895. The smallest absolute Gasteiger partial charge is 0.248 e. The first kappa shape index (κ1) is 17.7. The Morgan fingerprint density at radius 3 is 2.38 bits per heavy atom. The molecule has 0 spiro atoms. The summed E-state index contributed by atoms with van der Waals surface area (Å²) in [4.78, 5) is 27.2. The van der Waals surface area contributed by atoms with Crippen molar-refractivity contribution >= 4 is 11.8 Å². The first-order valence-electron chi connectivity index (χ1n) is 9.81. The van der Waals surface area contributed by atoms with Gasteiger partial charge in [-0.2, -0.15) is 0 Å². The van der Waals surface area contributed by atoms with E-state index in [1.54, 1.807) is 0 Å². The van der Waals surface area contributed by atoms with Gasteiger partial charge >= 0.3 is 0 Å². The number of hydrogen-bond acceptors (Lipinski definition) is 3. The molecule has 2 aliphatic carbocycles. The number of hydrogen-bond donors (Lipinski definition) is 2. The fourth-order valence-corrected chi connectivity index (χ4v) is 5.24. The summed E-state index contributed by atoms with van der Waals surface area (Å²) in [5.74, 6) is 0.208. The topological polar surface area (TPSA) is 69.6 Å². The van der Waals surface area contributed by atoms with Crippen LogP contribution in [0.2, 0.25) is 0 Å². The Morgan fingerprint density at radius 1 is 1.00 bits per heavy atom. The third-order valence-corrected chi connectivity index (χ3v) is 6.37. The van der Waals surface area contributed by atoms with Gasteiger partial charge in [0.25, 0.3) is 0 Å². The average molecular weight is 336 g/mol. The average Bonchev–Trinajstić information content (AvgIpc) is 3.04. The molecule has 3 atom stereocenters. The number of nitrogens with zero attached hydrogens (tertiary/aromatic N) is 1. The normalized spacial score (nSPS) is 33.2. The van der Waals surface area contributed by atoms with Crippen LogP contribution in [0.25, 0.3) is 0 Å². The number of carbonyl (C=O) groups excluding carboxylic acids is 2. The Kier molecular flexibility index (Phi) is 5.48. The van der Waals surface area contributed by atoms with Crippen LogP contribution in [0, 0.1) is 5.92 Å². The van der Waals surface area contributed by atoms with Gasteiger partial charge in [-0.1, -0.05) is 32.1 Å². The first-order chi connectivity index (χ1) is 11.5. The number of aliphatic hydroxyl groups excluding tert-OH is 1. The van der Waals surface area contributed by atoms with Crippen molar-refractivity contribution in [3.8, 4) is 0 Å². The van der Waals surface area contributed by atoms with Crippen molar-refractivity contribution in [1.29, 1.82) is 0 Å². The molecule has 3 aliphatic rings. The zero-order chi connectivity index (χ0) is 17.2. The summed E-state index contributed by atoms with van der Waals surface area (Å²) < 4.78 is 0. The number of amides is 2. The third kappa shape index (κ3) is 3.46. The van der Waals surface area contributed by atoms with Crippen LogP contribution in [0.1, 0.15) is 77.6 Å². The van der Waals surface area contributed by atoms with E-state index in [1.165, 1.54) is 6.92 Å². The number of aliphatic hydroxyl groups is 1. The zero-order valence-corrected chi connectivity index (χ0v) is 14.9. The van der Waals surface area contributed by atoms with Crippen LogP contribution < -0.4 is 5.32 Å². The molecule has 2 N–H and O–H groups in total. The molecule has 1 aliphatic heterocycles. The van der Waals surface area contributed by atoms with E-state index in [0.717, 1.165) is 77.2 Å². The predicted octanol–water partition coefficient (Wildman–Crippen LogP) is 2.37. The molecule has 0 unspecified atom stereocenters. The Morgan fingerprint density at radius 2 is 1.71 bits per heavy atom. The van der Waals surface area contributed by atoms with Gasteiger partial charge in [0.2, 0.25) is 11.8 Å². The SMILES string of the molecule is CC(=O)NC1(C(=O)N2CCC[C@@H]2[C@H]2CCCC[C@H]2O)CCCCC1. The minimum absolute atomic E-state index is 0.109. The summed E-state index contributed by atoms with van der Waals surface area (Å²) in [6.45, 7) is 2.28. The van der Waals surface area contributed by atoms with E-state index in [9.17, 15) is 14.7 Å². The van der Waals surface area contributed by atoms with E-state index in [-0.39, 0.29) is 29.9 Å². The summed E-state index contributed by atoms with van der Waals surface area (Å²) in [5, 5.41) is 13.5. The van der Waals surface area contributed by atoms with Crippen LogP contribution in [0.15, 0.2) is 0 Å². The quantitative estimate of drug-likeness (QED) is 0.831. The summed E-state index contributed by atoms with van der Waals surface area (Å²) in [7, 11) is 0. The highest BCUT2D eigenvalue weighted by atomic mass is 16.3. The number of rotatable bonds is 3. The lowest BCUT2D eigenvalue weighted by Gasteiger charge is -2.43. The molecule has 0 radical (unpaired) electrons. The van der Waals surface area contributed by atoms with Crippen LogP contribution in [-0.2, 0) is 9.59 Å². The summed E-state index contributed by atoms with van der Waals surface area (Å²) in [5.41, 5.74) is -0.702. The van der Waals surface area contributed by atoms with Gasteiger partial charge in [0.1, 0.15) is 5.54 Å². The van der Waals surface area contributed by atoms with Gasteiger partial charge in [-0.05, 0) is 38.5 Å². The molecule has 3 rings (SSSR count). The maximum absolute atomic E-state index is 13.4. The van der Waals surface area contributed by atoms with Crippen LogP contribution in [0.5, 0.6) is 0 Å². The molecular formula is C19H32N2O3. The lowest BCUT2D eigenvalue weighted by molar-refractivity contribution is -0.146. The van der Waals surface area contributed by atoms with Gasteiger partial charge in [-0.25, -0.2) is 0 Å². The van der Waals surface area contributed by atoms with Gasteiger partial charge in [0.05, 0.1) is 6.10 Å². The maximum Gasteiger partial charge on any atom is 0.248 e. The standard InChI is InChI=1S/C19H32N2O3/c1-14(22)20-19(11-5-2-6-12-19)18(24)21-13-7-9-16(21)15-8-3-4-10-17(15)23/h15-17,23H,2-13H2,1H3,(H,20,22)/t15-,16-,17-/m1/s1. The summed E-state index contributed by atoms with van der Waals surface area (Å²) >= 11 is 0. The molecule has 0 aromatic carbocycles. The highest BCUT2D eigenvalue weighted by Crippen LogP contribution is 2.38. The molecule has 1 heterocycles. The Balaban J connectivity index is 1.79. The van der Waals surface area contributed by atoms with Gasteiger partial charge in [0, 0.05) is 25.4 Å². The number of carbonyl (C=O) groups is 2. The molecule has 2 saturated carbocycles. The van der Waals surface area contributed by atoms with Gasteiger partial charge in [-0.3, -0.25) is 9.59 Å². The van der Waals surface area contributed by atoms with Crippen LogP contribution >= 0.6 is 0 Å². The minimum atomic E-state index is -0.702. The lowest BCUT2D eigenvalue weighted by atomic mass is 9.78. The number of likely N-dealkylation sites (tertiary alicyclic amines) is 1. The van der Waals surface area contributed by atoms with Crippen molar-refractivity contribution in [2.45, 2.75) is 95.2 Å². The molecular weight excluding hydrogens is 304 g/mol. The Labute approximate surface area is 145 Å². The second-order valence-electron chi connectivity index (χ2n) is 8.05. The van der Waals surface area contributed by atoms with Crippen LogP contribution in [-0.4, -0.2) is 46.1 Å². The van der Waals surface area contributed by atoms with Crippen molar-refractivity contribution in [2.75, 3.05) is 6.54 Å². The van der Waals surface area contributed by atoms with Crippen molar-refractivity contribution in [3.05, 3.63) is 0 Å². The van der Waals surface area contributed by atoms with Gasteiger partial charge in [-0.15, -0.1) is 0 Å². The van der Waals surface area contributed by atoms with Crippen molar-refractivity contribution < 1.29 is 14.7 Å². The predicted molar refractivity (Wildman–Crippen MR) is 92.3 cm³/mol. The zero-order valence-electron chi connectivity index (χ0n) is 14.9. The largest absolute Gasteiger partial charge is 0.393 e. The van der Waals surface area contributed by atoms with Crippen LogP contribution in [0.4, 0.5) is 0 Å². The second kappa shape index (κ2) is 7.42. The first-order valence-corrected chi connectivity index (χ1v) is 9.81. The van der Waals surface area contributed by atoms with Gasteiger partial charge in [0.15, 0.2) is 0 Å². The molecule has 5 nitrogen and oxygen atoms in total. The highest BCUT2D eigenvalue weighted by Gasteiger charge is 2.47. The molecule has 0 aromatic heterocycles. The lowest BCUT2D eigenvalue weighted by Crippen LogP contribution is -2.62. The molecule has 5 heteroatoms. The van der Waals surface area contributed by atoms with Crippen molar-refractivity contribution in [3.63, 3.8) is 0 Å². The Bertz CT molecular complexity index is 473. The van der Waals surface area contributed by atoms with Gasteiger partial charge < -0.3 is 15.3 Å². The van der Waals surface area contributed by atoms with Crippen molar-refractivity contribution in [2.24, 2.45) is 5.92 Å². The van der Waals surface area contributed by atoms with E-state index in [2.05, 4.69) is 5.32 Å². The fourth-order valence-electron chi connectivity index (χ4n) is 5.24. The molecule has 1 saturated heterocycles. The van der Waals surface area contributed by atoms with Crippen LogP contribution in [0.3, 0.4) is 0 Å². The third-order valence-electron chi connectivity index (χ3n) is 6.37. The monoisotopic (exact) mass is 336 g/mol. The van der Waals surface area contributed by atoms with E-state index in [0.29, 0.717) is 0 Å². The second-order valence-corrected chi connectivity index (χ2v) is 8.05. The molecule has 136 valence electrons. The maximum atomic E-state index is 13.4. The Hall–Kier alpha value is -1.10. The summed E-state index contributed by atoms with van der Waals surface area (Å²) in [6, 6.07) is 0.153. The molecule has 24 heavy (non-hydrogen) atoms. The van der Waals surface area contributed by atoms with E-state index in [4.69, 9.17) is 0 Å². The summed E-state index contributed by atoms with van der Waals surface area (Å²) in [6.07, 6.45) is 10.5. The minimum Gasteiger partial charge on any atom is -0.393 e. The molecule has 2 amide bonds. The highest BCUT2D eigenvalue weighted by molar-refractivity contribution is 5.91. The van der Waals surface area contributed by atoms with Crippen molar-refractivity contribution in [1.82, 2.24) is 10.2 Å². The van der Waals surface area contributed by atoms with E-state index < -0.39 is 5.54 Å². The van der Waals surface area contributed by atoms with E-state index >= 15 is 0 Å². The number of nitrogens with one attached hydrogen (secondary N) is 1. The molecule has 0 aromatic rings. The molecule has 0 bridgehead atoms. The van der Waals surface area contributed by atoms with E-state index in [1.807, 2.05) is 4.90 Å². The molecule has 3 fully saturated rings.